The molecule has 3 aromatic rings. The van der Waals surface area contributed by atoms with Gasteiger partial charge in [-0.05, 0) is 50.2 Å². The molecule has 1 aromatic carbocycles. The molecule has 1 aliphatic rings. The van der Waals surface area contributed by atoms with Crippen LogP contribution in [-0.2, 0) is 14.8 Å². The van der Waals surface area contributed by atoms with Gasteiger partial charge in [-0.15, -0.1) is 10.2 Å². The van der Waals surface area contributed by atoms with E-state index in [9.17, 15) is 13.2 Å². The second kappa shape index (κ2) is 8.93. The van der Waals surface area contributed by atoms with Crippen LogP contribution in [0.2, 0.25) is 0 Å². The molecule has 2 aromatic heterocycles. The fraction of sp³-hybridized carbons (Fsp3) is 0.300. The van der Waals surface area contributed by atoms with Crippen LogP contribution in [0.5, 0.6) is 0 Å². The van der Waals surface area contributed by atoms with Crippen LogP contribution in [-0.4, -0.2) is 56.0 Å². The van der Waals surface area contributed by atoms with Gasteiger partial charge in [0.15, 0.2) is 11.5 Å². The van der Waals surface area contributed by atoms with Crippen molar-refractivity contribution in [3.8, 4) is 0 Å². The van der Waals surface area contributed by atoms with Gasteiger partial charge < -0.3 is 19.5 Å². The molecule has 1 aliphatic heterocycles. The van der Waals surface area contributed by atoms with E-state index < -0.39 is 15.9 Å². The van der Waals surface area contributed by atoms with E-state index >= 15 is 0 Å². The first kappa shape index (κ1) is 21.7. The van der Waals surface area contributed by atoms with E-state index in [1.807, 2.05) is 4.90 Å². The third-order valence-electron chi connectivity index (χ3n) is 5.02. The average molecular weight is 459 g/mol. The first-order valence-electron chi connectivity index (χ1n) is 9.87. The SMILES string of the molecule is Cc1noc(NS(=O)(=O)c2ccc(NC(=O)c3ccc(N4CCOCC4)nn3)cc2)c1C. The standard InChI is InChI=1S/C20H22N6O5S/c1-13-14(2)24-31-20(13)25-32(28,29)16-5-3-15(4-6-16)21-19(27)17-7-8-18(23-22-17)26-9-11-30-12-10-26/h3-8,25H,9-12H2,1-2H3,(H,21,27). The summed E-state index contributed by atoms with van der Waals surface area (Å²) in [4.78, 5) is 14.5. The number of nitrogens with one attached hydrogen (secondary N) is 2. The number of aryl methyl sites for hydroxylation is 1. The van der Waals surface area contributed by atoms with Crippen molar-refractivity contribution in [2.75, 3.05) is 41.2 Å². The summed E-state index contributed by atoms with van der Waals surface area (Å²) in [6, 6.07) is 9.06. The van der Waals surface area contributed by atoms with Gasteiger partial charge in [-0.1, -0.05) is 5.16 Å². The van der Waals surface area contributed by atoms with Crippen molar-refractivity contribution in [1.29, 1.82) is 0 Å². The number of carbonyl (C=O) groups is 1. The lowest BCUT2D eigenvalue weighted by atomic mass is 10.3. The highest BCUT2D eigenvalue weighted by molar-refractivity contribution is 7.92. The van der Waals surface area contributed by atoms with Crippen LogP contribution in [0.1, 0.15) is 21.7 Å². The number of hydrogen-bond donors (Lipinski definition) is 2. The molecule has 4 rings (SSSR count). The monoisotopic (exact) mass is 458 g/mol. The molecule has 168 valence electrons. The molecule has 0 radical (unpaired) electrons. The van der Waals surface area contributed by atoms with Crippen molar-refractivity contribution in [2.24, 2.45) is 0 Å². The summed E-state index contributed by atoms with van der Waals surface area (Å²) >= 11 is 0. The molecule has 0 unspecified atom stereocenters. The minimum Gasteiger partial charge on any atom is -0.378 e. The molecule has 32 heavy (non-hydrogen) atoms. The van der Waals surface area contributed by atoms with E-state index in [0.717, 1.165) is 13.1 Å². The molecule has 1 saturated heterocycles. The number of ether oxygens (including phenoxy) is 1. The van der Waals surface area contributed by atoms with Crippen LogP contribution in [0, 0.1) is 13.8 Å². The third kappa shape index (κ3) is 4.70. The summed E-state index contributed by atoms with van der Waals surface area (Å²) in [7, 11) is -3.87. The maximum Gasteiger partial charge on any atom is 0.276 e. The Bertz CT molecular complexity index is 1200. The van der Waals surface area contributed by atoms with Crippen molar-refractivity contribution < 1.29 is 22.5 Å². The van der Waals surface area contributed by atoms with Crippen molar-refractivity contribution in [3.63, 3.8) is 0 Å². The minimum absolute atomic E-state index is 0.0126. The van der Waals surface area contributed by atoms with E-state index in [4.69, 9.17) is 9.26 Å². The molecular weight excluding hydrogens is 436 g/mol. The molecule has 0 aliphatic carbocycles. The molecule has 3 heterocycles. The van der Waals surface area contributed by atoms with Gasteiger partial charge in [0, 0.05) is 24.3 Å². The lowest BCUT2D eigenvalue weighted by Gasteiger charge is -2.27. The number of sulfonamides is 1. The summed E-state index contributed by atoms with van der Waals surface area (Å²) < 4.78 is 37.8. The molecule has 2 N–H and O–H groups in total. The summed E-state index contributed by atoms with van der Waals surface area (Å²) in [6.07, 6.45) is 0. The number of morpholine rings is 1. The zero-order valence-electron chi connectivity index (χ0n) is 17.5. The quantitative estimate of drug-likeness (QED) is 0.567. The highest BCUT2D eigenvalue weighted by atomic mass is 32.2. The van der Waals surface area contributed by atoms with Crippen molar-refractivity contribution in [1.82, 2.24) is 15.4 Å². The Morgan fingerprint density at radius 1 is 1.03 bits per heavy atom. The molecule has 1 amide bonds. The first-order chi connectivity index (χ1) is 15.3. The predicted octanol–water partition coefficient (Wildman–Crippen LogP) is 1.97. The van der Waals surface area contributed by atoms with Crippen LogP contribution < -0.4 is 14.9 Å². The van der Waals surface area contributed by atoms with E-state index in [2.05, 4.69) is 25.4 Å². The number of aromatic nitrogens is 3. The van der Waals surface area contributed by atoms with Gasteiger partial charge >= 0.3 is 0 Å². The zero-order chi connectivity index (χ0) is 22.7. The summed E-state index contributed by atoms with van der Waals surface area (Å²) in [5, 5.41) is 14.5. The molecule has 0 spiro atoms. The minimum atomic E-state index is -3.87. The normalized spacial score (nSPS) is 14.2. The van der Waals surface area contributed by atoms with Gasteiger partial charge in [0.2, 0.25) is 5.88 Å². The Hall–Kier alpha value is -3.51. The second-order valence-electron chi connectivity index (χ2n) is 7.18. The Labute approximate surface area is 184 Å². The van der Waals surface area contributed by atoms with Gasteiger partial charge in [0.05, 0.1) is 23.8 Å². The molecule has 0 saturated carbocycles. The predicted molar refractivity (Wildman–Crippen MR) is 116 cm³/mol. The Kier molecular flexibility index (Phi) is 6.06. The number of benzene rings is 1. The van der Waals surface area contributed by atoms with E-state index in [1.54, 1.807) is 26.0 Å². The van der Waals surface area contributed by atoms with Gasteiger partial charge in [-0.3, -0.25) is 4.79 Å². The molecule has 12 heteroatoms. The van der Waals surface area contributed by atoms with Crippen LogP contribution >= 0.6 is 0 Å². The maximum atomic E-state index is 12.6. The van der Waals surface area contributed by atoms with Crippen molar-refractivity contribution in [3.05, 3.63) is 53.3 Å². The Morgan fingerprint density at radius 2 is 1.75 bits per heavy atom. The average Bonchev–Trinajstić information content (AvgIpc) is 3.12. The number of carbonyl (C=O) groups excluding carboxylic acids is 1. The fourth-order valence-corrected chi connectivity index (χ4v) is 4.06. The lowest BCUT2D eigenvalue weighted by Crippen LogP contribution is -2.37. The lowest BCUT2D eigenvalue weighted by molar-refractivity contribution is 0.102. The Morgan fingerprint density at radius 3 is 2.34 bits per heavy atom. The van der Waals surface area contributed by atoms with Gasteiger partial charge in [0.1, 0.15) is 0 Å². The number of hydrogen-bond acceptors (Lipinski definition) is 9. The van der Waals surface area contributed by atoms with Crippen LogP contribution in [0.25, 0.3) is 0 Å². The van der Waals surface area contributed by atoms with E-state index in [-0.39, 0.29) is 16.5 Å². The summed E-state index contributed by atoms with van der Waals surface area (Å²) in [6.45, 7) is 6.12. The number of anilines is 3. The van der Waals surface area contributed by atoms with Gasteiger partial charge in [-0.25, -0.2) is 13.1 Å². The molecule has 11 nitrogen and oxygen atoms in total. The molecule has 1 fully saturated rings. The van der Waals surface area contributed by atoms with E-state index in [0.29, 0.717) is 36.0 Å². The molecule has 0 bridgehead atoms. The fourth-order valence-electron chi connectivity index (χ4n) is 3.01. The molecule has 0 atom stereocenters. The first-order valence-corrected chi connectivity index (χ1v) is 11.4. The van der Waals surface area contributed by atoms with Crippen molar-refractivity contribution in [2.45, 2.75) is 18.7 Å². The van der Waals surface area contributed by atoms with Gasteiger partial charge in [0.25, 0.3) is 15.9 Å². The largest absolute Gasteiger partial charge is 0.378 e. The maximum absolute atomic E-state index is 12.6. The highest BCUT2D eigenvalue weighted by Gasteiger charge is 2.20. The van der Waals surface area contributed by atoms with Crippen molar-refractivity contribution >= 4 is 33.3 Å². The number of nitrogens with zero attached hydrogens (tertiary/aromatic N) is 4. The number of rotatable bonds is 6. The number of amides is 1. The summed E-state index contributed by atoms with van der Waals surface area (Å²) in [5.41, 5.74) is 1.77. The van der Waals surface area contributed by atoms with Crippen LogP contribution in [0.4, 0.5) is 17.4 Å². The third-order valence-corrected chi connectivity index (χ3v) is 6.37. The van der Waals surface area contributed by atoms with Gasteiger partial charge in [-0.2, -0.15) is 0 Å². The topological polar surface area (TPSA) is 140 Å². The van der Waals surface area contributed by atoms with E-state index in [1.165, 1.54) is 24.3 Å². The smallest absolute Gasteiger partial charge is 0.276 e. The Balaban J connectivity index is 1.40. The van der Waals surface area contributed by atoms with Crippen LogP contribution in [0.15, 0.2) is 45.8 Å². The van der Waals surface area contributed by atoms with Crippen LogP contribution in [0.3, 0.4) is 0 Å². The second-order valence-corrected chi connectivity index (χ2v) is 8.86. The molecular formula is C20H22N6O5S. The highest BCUT2D eigenvalue weighted by Crippen LogP contribution is 2.23. The zero-order valence-corrected chi connectivity index (χ0v) is 18.3. The summed E-state index contributed by atoms with van der Waals surface area (Å²) in [5.74, 6) is 0.301.